The number of fused-ring (bicyclic) bond motifs is 1. The molecule has 5 nitrogen and oxygen atoms in total. The summed E-state index contributed by atoms with van der Waals surface area (Å²) in [4.78, 5) is 27.2. The summed E-state index contributed by atoms with van der Waals surface area (Å²) in [7, 11) is 0. The van der Waals surface area contributed by atoms with E-state index >= 15 is 0 Å². The van der Waals surface area contributed by atoms with Gasteiger partial charge in [0.1, 0.15) is 17.1 Å². The molecular weight excluding hydrogens is 449 g/mol. The van der Waals surface area contributed by atoms with Crippen LogP contribution in [-0.4, -0.2) is 41.9 Å². The molecular formula is C25H27Cl2NO4. The number of amides is 1. The van der Waals surface area contributed by atoms with Crippen LogP contribution in [0.15, 0.2) is 36.4 Å². The van der Waals surface area contributed by atoms with Gasteiger partial charge in [-0.2, -0.15) is 0 Å². The topological polar surface area (TPSA) is 55.8 Å². The molecule has 0 aliphatic carbocycles. The van der Waals surface area contributed by atoms with Crippen LogP contribution in [0.2, 0.25) is 10.0 Å². The molecule has 0 saturated carbocycles. The zero-order valence-corrected chi connectivity index (χ0v) is 19.7. The molecule has 2 heterocycles. The van der Waals surface area contributed by atoms with Gasteiger partial charge in [-0.3, -0.25) is 9.59 Å². The lowest BCUT2D eigenvalue weighted by Crippen LogP contribution is -2.52. The van der Waals surface area contributed by atoms with E-state index in [1.165, 1.54) is 5.56 Å². The first-order valence-corrected chi connectivity index (χ1v) is 11.9. The van der Waals surface area contributed by atoms with E-state index in [-0.39, 0.29) is 18.1 Å². The van der Waals surface area contributed by atoms with Gasteiger partial charge in [-0.1, -0.05) is 42.3 Å². The van der Waals surface area contributed by atoms with Crippen molar-refractivity contribution >= 4 is 34.9 Å². The van der Waals surface area contributed by atoms with Crippen molar-refractivity contribution in [3.63, 3.8) is 0 Å². The maximum Gasteiger partial charge on any atom is 0.222 e. The fourth-order valence-electron chi connectivity index (χ4n) is 4.35. The highest BCUT2D eigenvalue weighted by Gasteiger charge is 2.44. The molecule has 0 bridgehead atoms. The predicted octanol–water partition coefficient (Wildman–Crippen LogP) is 5.74. The molecule has 32 heavy (non-hydrogen) atoms. The van der Waals surface area contributed by atoms with Crippen LogP contribution in [0, 0.1) is 0 Å². The number of Topliss-reactive ketones (excluding diaryl/α,β-unsaturated/α-hetero) is 1. The van der Waals surface area contributed by atoms with Crippen LogP contribution >= 0.6 is 23.2 Å². The second-order valence-electron chi connectivity index (χ2n) is 8.48. The average molecular weight is 476 g/mol. The summed E-state index contributed by atoms with van der Waals surface area (Å²) in [6.45, 7) is 3.74. The third kappa shape index (κ3) is 5.05. The first-order valence-electron chi connectivity index (χ1n) is 11.1. The number of ether oxygens (including phenoxy) is 2. The van der Waals surface area contributed by atoms with Crippen molar-refractivity contribution < 1.29 is 19.1 Å². The number of nitrogens with zero attached hydrogens (tertiary/aromatic N) is 1. The van der Waals surface area contributed by atoms with E-state index in [9.17, 15) is 9.59 Å². The quantitative estimate of drug-likeness (QED) is 0.499. The number of hydrogen-bond acceptors (Lipinski definition) is 4. The number of carbonyl (C=O) groups is 2. The zero-order chi connectivity index (χ0) is 22.7. The molecule has 2 aromatic carbocycles. The standard InChI is InChI=1S/C25H27Cl2NO4/c1-2-17-5-7-19(8-6-17)31-13-3-4-23(30)28-11-9-25(10-12-28)16-22(29)20-14-18(26)15-21(27)24(20)32-25/h5-8,14-15H,2-4,9-13,16H2,1H3. The molecule has 0 unspecified atom stereocenters. The highest BCUT2D eigenvalue weighted by molar-refractivity contribution is 6.36. The highest BCUT2D eigenvalue weighted by atomic mass is 35.5. The van der Waals surface area contributed by atoms with Crippen molar-refractivity contribution in [1.82, 2.24) is 4.90 Å². The number of piperidine rings is 1. The van der Waals surface area contributed by atoms with Crippen LogP contribution in [0.4, 0.5) is 0 Å². The van der Waals surface area contributed by atoms with E-state index in [1.54, 1.807) is 12.1 Å². The average Bonchev–Trinajstić information content (AvgIpc) is 2.78. The number of carbonyl (C=O) groups excluding carboxylic acids is 2. The SMILES string of the molecule is CCc1ccc(OCCCC(=O)N2CCC3(CC2)CC(=O)c2cc(Cl)cc(Cl)c2O3)cc1. The molecule has 170 valence electrons. The van der Waals surface area contributed by atoms with Crippen LogP contribution in [0.1, 0.15) is 54.9 Å². The Labute approximate surface area is 198 Å². The minimum absolute atomic E-state index is 0.0143. The van der Waals surface area contributed by atoms with Gasteiger partial charge in [0.15, 0.2) is 5.78 Å². The van der Waals surface area contributed by atoms with E-state index in [2.05, 4.69) is 19.1 Å². The fraction of sp³-hybridized carbons (Fsp3) is 0.440. The Kier molecular flexibility index (Phi) is 6.96. The van der Waals surface area contributed by atoms with Gasteiger partial charge >= 0.3 is 0 Å². The van der Waals surface area contributed by atoms with Gasteiger partial charge < -0.3 is 14.4 Å². The molecule has 2 aromatic rings. The van der Waals surface area contributed by atoms with Gasteiger partial charge in [0.25, 0.3) is 0 Å². The Morgan fingerprint density at radius 3 is 2.56 bits per heavy atom. The summed E-state index contributed by atoms with van der Waals surface area (Å²) in [5.41, 5.74) is 1.11. The number of halogens is 2. The summed E-state index contributed by atoms with van der Waals surface area (Å²) in [5, 5.41) is 0.770. The van der Waals surface area contributed by atoms with Crippen LogP contribution in [-0.2, 0) is 11.2 Å². The minimum Gasteiger partial charge on any atom is -0.494 e. The van der Waals surface area contributed by atoms with E-state index in [4.69, 9.17) is 32.7 Å². The van der Waals surface area contributed by atoms with Crippen molar-refractivity contribution in [1.29, 1.82) is 0 Å². The monoisotopic (exact) mass is 475 g/mol. The maximum absolute atomic E-state index is 12.7. The predicted molar refractivity (Wildman–Crippen MR) is 125 cm³/mol. The molecule has 2 aliphatic rings. The summed E-state index contributed by atoms with van der Waals surface area (Å²) in [6, 6.07) is 11.2. The number of likely N-dealkylation sites (tertiary alicyclic amines) is 1. The summed E-state index contributed by atoms with van der Waals surface area (Å²) in [5.74, 6) is 1.33. The summed E-state index contributed by atoms with van der Waals surface area (Å²) in [6.07, 6.45) is 3.58. The van der Waals surface area contributed by atoms with E-state index in [1.807, 2.05) is 17.0 Å². The van der Waals surface area contributed by atoms with Gasteiger partial charge in [0.2, 0.25) is 5.91 Å². The Hall–Kier alpha value is -2.24. The second-order valence-corrected chi connectivity index (χ2v) is 9.32. The number of aryl methyl sites for hydroxylation is 1. The minimum atomic E-state index is -0.605. The van der Waals surface area contributed by atoms with Crippen molar-refractivity contribution in [3.8, 4) is 11.5 Å². The largest absolute Gasteiger partial charge is 0.494 e. The Morgan fingerprint density at radius 2 is 1.88 bits per heavy atom. The van der Waals surface area contributed by atoms with Crippen LogP contribution in [0.5, 0.6) is 11.5 Å². The third-order valence-corrected chi connectivity index (χ3v) is 6.77. The number of benzene rings is 2. The van der Waals surface area contributed by atoms with Crippen LogP contribution < -0.4 is 9.47 Å². The zero-order valence-electron chi connectivity index (χ0n) is 18.2. The lowest BCUT2D eigenvalue weighted by molar-refractivity contribution is -0.135. The third-order valence-electron chi connectivity index (χ3n) is 6.27. The number of rotatable bonds is 6. The Balaban J connectivity index is 1.26. The highest BCUT2D eigenvalue weighted by Crippen LogP contribution is 2.44. The molecule has 7 heteroatoms. The Bertz CT molecular complexity index is 998. The summed E-state index contributed by atoms with van der Waals surface area (Å²) < 4.78 is 12.0. The molecule has 1 amide bonds. The van der Waals surface area contributed by atoms with E-state index < -0.39 is 5.60 Å². The molecule has 0 atom stereocenters. The van der Waals surface area contributed by atoms with Crippen LogP contribution in [0.25, 0.3) is 0 Å². The molecule has 0 aromatic heterocycles. The van der Waals surface area contributed by atoms with Gasteiger partial charge in [0.05, 0.1) is 23.6 Å². The maximum atomic E-state index is 12.7. The molecule has 0 radical (unpaired) electrons. The summed E-state index contributed by atoms with van der Waals surface area (Å²) >= 11 is 12.3. The number of hydrogen-bond donors (Lipinski definition) is 0. The lowest BCUT2D eigenvalue weighted by atomic mass is 9.82. The molecule has 2 aliphatic heterocycles. The van der Waals surface area contributed by atoms with E-state index in [0.29, 0.717) is 66.7 Å². The van der Waals surface area contributed by atoms with Gasteiger partial charge in [-0.15, -0.1) is 0 Å². The fourth-order valence-corrected chi connectivity index (χ4v) is 4.88. The van der Waals surface area contributed by atoms with Crippen molar-refractivity contribution in [2.24, 2.45) is 0 Å². The van der Waals surface area contributed by atoms with Gasteiger partial charge in [0, 0.05) is 37.4 Å². The first-order chi connectivity index (χ1) is 15.4. The first kappa shape index (κ1) is 22.9. The molecule has 1 spiro atoms. The van der Waals surface area contributed by atoms with Crippen molar-refractivity contribution in [2.45, 2.75) is 51.0 Å². The second kappa shape index (κ2) is 9.72. The normalized spacial score (nSPS) is 17.1. The number of ketones is 1. The van der Waals surface area contributed by atoms with Crippen molar-refractivity contribution in [3.05, 3.63) is 57.6 Å². The van der Waals surface area contributed by atoms with E-state index in [0.717, 1.165) is 12.2 Å². The van der Waals surface area contributed by atoms with Gasteiger partial charge in [-0.25, -0.2) is 0 Å². The van der Waals surface area contributed by atoms with Gasteiger partial charge in [-0.05, 0) is 42.7 Å². The molecule has 4 rings (SSSR count). The molecule has 0 N–H and O–H groups in total. The van der Waals surface area contributed by atoms with Crippen molar-refractivity contribution in [2.75, 3.05) is 19.7 Å². The Morgan fingerprint density at radius 1 is 1.16 bits per heavy atom. The van der Waals surface area contributed by atoms with Crippen LogP contribution in [0.3, 0.4) is 0 Å². The smallest absolute Gasteiger partial charge is 0.222 e. The molecule has 1 fully saturated rings. The lowest BCUT2D eigenvalue weighted by Gasteiger charge is -2.44. The molecule has 1 saturated heterocycles.